The van der Waals surface area contributed by atoms with Crippen molar-refractivity contribution in [2.75, 3.05) is 5.32 Å². The lowest BCUT2D eigenvalue weighted by atomic mass is 9.94. The number of anilines is 1. The summed E-state index contributed by atoms with van der Waals surface area (Å²) in [6.07, 6.45) is 0. The molecule has 3 N–H and O–H groups in total. The van der Waals surface area contributed by atoms with E-state index in [0.29, 0.717) is 27.5 Å². The fourth-order valence-corrected chi connectivity index (χ4v) is 2.99. The molecule has 0 bridgehead atoms. The van der Waals surface area contributed by atoms with Crippen LogP contribution in [0.3, 0.4) is 0 Å². The summed E-state index contributed by atoms with van der Waals surface area (Å²) >= 11 is 6.01. The number of hydrogen-bond acceptors (Lipinski definition) is 2. The lowest BCUT2D eigenvalue weighted by Crippen LogP contribution is -2.46. The Balaban J connectivity index is 1.96. The second kappa shape index (κ2) is 7.17. The summed E-state index contributed by atoms with van der Waals surface area (Å²) in [5.74, 6) is -0.773. The van der Waals surface area contributed by atoms with Crippen molar-refractivity contribution in [3.05, 3.63) is 75.7 Å². The van der Waals surface area contributed by atoms with Gasteiger partial charge in [-0.05, 0) is 49.2 Å². The van der Waals surface area contributed by atoms with Gasteiger partial charge in [-0.3, -0.25) is 4.79 Å². The van der Waals surface area contributed by atoms with Crippen LogP contribution >= 0.6 is 11.6 Å². The van der Waals surface area contributed by atoms with Crippen molar-refractivity contribution >= 4 is 29.2 Å². The van der Waals surface area contributed by atoms with Crippen molar-refractivity contribution < 1.29 is 14.0 Å². The molecule has 5 nitrogen and oxygen atoms in total. The van der Waals surface area contributed by atoms with Crippen molar-refractivity contribution in [1.29, 1.82) is 0 Å². The molecule has 0 saturated heterocycles. The molecule has 26 heavy (non-hydrogen) atoms. The van der Waals surface area contributed by atoms with Crippen molar-refractivity contribution in [2.24, 2.45) is 0 Å². The molecule has 1 heterocycles. The molecule has 2 aromatic carbocycles. The lowest BCUT2D eigenvalue weighted by molar-refractivity contribution is -0.113. The van der Waals surface area contributed by atoms with E-state index in [4.69, 9.17) is 11.6 Å². The molecule has 0 fully saturated rings. The van der Waals surface area contributed by atoms with Crippen LogP contribution in [0.2, 0.25) is 5.02 Å². The maximum Gasteiger partial charge on any atom is 0.319 e. The van der Waals surface area contributed by atoms with E-state index in [0.717, 1.165) is 5.56 Å². The smallest absolute Gasteiger partial charge is 0.319 e. The van der Waals surface area contributed by atoms with Crippen LogP contribution in [0.15, 0.2) is 53.7 Å². The Labute approximate surface area is 155 Å². The molecule has 0 aliphatic carbocycles. The molecular formula is C19H17ClFN3O2. The topological polar surface area (TPSA) is 70.2 Å². The average molecular weight is 374 g/mol. The minimum Gasteiger partial charge on any atom is -0.327 e. The Morgan fingerprint density at radius 3 is 2.54 bits per heavy atom. The number of urea groups is 1. The molecule has 0 spiro atoms. The zero-order valence-electron chi connectivity index (χ0n) is 14.2. The average Bonchev–Trinajstić information content (AvgIpc) is 2.58. The van der Waals surface area contributed by atoms with Crippen molar-refractivity contribution in [2.45, 2.75) is 19.9 Å². The van der Waals surface area contributed by atoms with Crippen molar-refractivity contribution in [3.63, 3.8) is 0 Å². The first-order valence-corrected chi connectivity index (χ1v) is 8.34. The maximum atomic E-state index is 13.2. The van der Waals surface area contributed by atoms with Gasteiger partial charge in [0.25, 0.3) is 5.91 Å². The van der Waals surface area contributed by atoms with E-state index in [1.807, 2.05) is 6.92 Å². The number of carbonyl (C=O) groups is 2. The number of benzene rings is 2. The Hall–Kier alpha value is -2.86. The summed E-state index contributed by atoms with van der Waals surface area (Å²) in [7, 11) is 0. The number of allylic oxidation sites excluding steroid dienone is 1. The predicted molar refractivity (Wildman–Crippen MR) is 98.3 cm³/mol. The Bertz CT molecular complexity index is 910. The maximum absolute atomic E-state index is 13.2. The highest BCUT2D eigenvalue weighted by atomic mass is 35.5. The number of aryl methyl sites for hydroxylation is 1. The molecule has 0 radical (unpaired) electrons. The number of halogens is 2. The summed E-state index contributed by atoms with van der Waals surface area (Å²) in [4.78, 5) is 24.8. The van der Waals surface area contributed by atoms with Gasteiger partial charge in [-0.25, -0.2) is 9.18 Å². The van der Waals surface area contributed by atoms with Crippen LogP contribution in [0.1, 0.15) is 24.1 Å². The highest BCUT2D eigenvalue weighted by molar-refractivity contribution is 6.31. The van der Waals surface area contributed by atoms with Crippen LogP contribution in [0.25, 0.3) is 0 Å². The van der Waals surface area contributed by atoms with Gasteiger partial charge in [0.05, 0.1) is 11.6 Å². The fraction of sp³-hybridized carbons (Fsp3) is 0.158. The predicted octanol–water partition coefficient (Wildman–Crippen LogP) is 4.05. The second-order valence-electron chi connectivity index (χ2n) is 6.04. The Kier molecular flexibility index (Phi) is 4.95. The fourth-order valence-electron chi connectivity index (χ4n) is 2.82. The molecule has 1 aliphatic heterocycles. The molecule has 2 aromatic rings. The van der Waals surface area contributed by atoms with E-state index in [9.17, 15) is 14.0 Å². The lowest BCUT2D eigenvalue weighted by Gasteiger charge is -2.28. The van der Waals surface area contributed by atoms with E-state index < -0.39 is 17.9 Å². The molecule has 7 heteroatoms. The minimum absolute atomic E-state index is 0.343. The Morgan fingerprint density at radius 1 is 1.15 bits per heavy atom. The van der Waals surface area contributed by atoms with Crippen molar-refractivity contribution in [3.8, 4) is 0 Å². The summed E-state index contributed by atoms with van der Waals surface area (Å²) in [6.45, 7) is 3.50. The van der Waals surface area contributed by atoms with Gasteiger partial charge in [0.2, 0.25) is 0 Å². The minimum atomic E-state index is -0.691. The molecular weight excluding hydrogens is 357 g/mol. The SMILES string of the molecule is CC1=C(C(=O)Nc2cc(Cl)ccc2C)[C@H](c2ccc(F)cc2)NC(=O)N1. The number of nitrogens with one attached hydrogen (secondary N) is 3. The molecule has 3 amide bonds. The van der Waals surface area contributed by atoms with E-state index >= 15 is 0 Å². The monoisotopic (exact) mass is 373 g/mol. The van der Waals surface area contributed by atoms with Crippen LogP contribution < -0.4 is 16.0 Å². The number of hydrogen-bond donors (Lipinski definition) is 3. The normalized spacial score (nSPS) is 16.8. The quantitative estimate of drug-likeness (QED) is 0.759. The highest BCUT2D eigenvalue weighted by Crippen LogP contribution is 2.29. The number of amides is 3. The van der Waals surface area contributed by atoms with Gasteiger partial charge < -0.3 is 16.0 Å². The van der Waals surface area contributed by atoms with E-state index in [2.05, 4.69) is 16.0 Å². The van der Waals surface area contributed by atoms with E-state index in [1.165, 1.54) is 24.3 Å². The standard InChI is InChI=1S/C19H17ClFN3O2/c1-10-3-6-13(20)9-15(10)23-18(25)16-11(2)22-19(26)24-17(16)12-4-7-14(21)8-5-12/h3-9,17H,1-2H3,(H,23,25)(H2,22,24,26)/t17-/m0/s1. The zero-order valence-corrected chi connectivity index (χ0v) is 14.9. The van der Waals surface area contributed by atoms with Gasteiger partial charge in [-0.15, -0.1) is 0 Å². The van der Waals surface area contributed by atoms with Crippen LogP contribution in [-0.4, -0.2) is 11.9 Å². The summed E-state index contributed by atoms with van der Waals surface area (Å²) in [5, 5.41) is 8.64. The third-order valence-electron chi connectivity index (χ3n) is 4.16. The second-order valence-corrected chi connectivity index (χ2v) is 6.47. The third-order valence-corrected chi connectivity index (χ3v) is 4.40. The van der Waals surface area contributed by atoms with Gasteiger partial charge in [0, 0.05) is 16.4 Å². The summed E-state index contributed by atoms with van der Waals surface area (Å²) in [5.41, 5.74) is 2.81. The third kappa shape index (κ3) is 3.70. The largest absolute Gasteiger partial charge is 0.327 e. The van der Waals surface area contributed by atoms with Gasteiger partial charge in [-0.1, -0.05) is 29.8 Å². The van der Waals surface area contributed by atoms with Gasteiger partial charge >= 0.3 is 6.03 Å². The molecule has 0 unspecified atom stereocenters. The molecule has 0 aromatic heterocycles. The van der Waals surface area contributed by atoms with Crippen LogP contribution in [0.5, 0.6) is 0 Å². The van der Waals surface area contributed by atoms with E-state index in [-0.39, 0.29) is 5.91 Å². The first-order valence-electron chi connectivity index (χ1n) is 7.96. The van der Waals surface area contributed by atoms with Crippen molar-refractivity contribution in [1.82, 2.24) is 10.6 Å². The highest BCUT2D eigenvalue weighted by Gasteiger charge is 2.31. The van der Waals surface area contributed by atoms with Crippen LogP contribution in [0.4, 0.5) is 14.9 Å². The summed E-state index contributed by atoms with van der Waals surface area (Å²) in [6, 6.07) is 9.74. The van der Waals surface area contributed by atoms with E-state index in [1.54, 1.807) is 25.1 Å². The van der Waals surface area contributed by atoms with Gasteiger partial charge in [-0.2, -0.15) is 0 Å². The number of rotatable bonds is 3. The first-order chi connectivity index (χ1) is 12.3. The first kappa shape index (κ1) is 17.9. The molecule has 1 atom stereocenters. The molecule has 134 valence electrons. The molecule has 3 rings (SSSR count). The number of carbonyl (C=O) groups excluding carboxylic acids is 2. The van der Waals surface area contributed by atoms with Crippen LogP contribution in [-0.2, 0) is 4.79 Å². The Morgan fingerprint density at radius 2 is 1.85 bits per heavy atom. The molecule has 1 aliphatic rings. The van der Waals surface area contributed by atoms with Gasteiger partial charge in [0.1, 0.15) is 5.82 Å². The van der Waals surface area contributed by atoms with Crippen LogP contribution in [0, 0.1) is 12.7 Å². The molecule has 0 saturated carbocycles. The zero-order chi connectivity index (χ0) is 18.8. The summed E-state index contributed by atoms with van der Waals surface area (Å²) < 4.78 is 13.2. The van der Waals surface area contributed by atoms with Gasteiger partial charge in [0.15, 0.2) is 0 Å².